The molecule has 0 saturated carbocycles. The van der Waals surface area contributed by atoms with Crippen LogP contribution in [0.2, 0.25) is 0 Å². The van der Waals surface area contributed by atoms with Gasteiger partial charge in [0.05, 0.1) is 37.9 Å². The third-order valence-electron chi connectivity index (χ3n) is 5.92. The van der Waals surface area contributed by atoms with Crippen molar-refractivity contribution >= 4 is 11.9 Å². The summed E-state index contributed by atoms with van der Waals surface area (Å²) in [5.74, 6) is -2.72. The third-order valence-corrected chi connectivity index (χ3v) is 5.92. The average Bonchev–Trinajstić information content (AvgIpc) is 3.25. The lowest BCUT2D eigenvalue weighted by Gasteiger charge is -2.34. The number of halogens is 3. The van der Waals surface area contributed by atoms with Gasteiger partial charge >= 0.3 is 18.1 Å². The first-order valence-electron chi connectivity index (χ1n) is 10.8. The van der Waals surface area contributed by atoms with E-state index in [-0.39, 0.29) is 19.6 Å². The number of hydroxylamine groups is 2. The summed E-state index contributed by atoms with van der Waals surface area (Å²) in [5, 5.41) is 11.8. The Labute approximate surface area is 190 Å². The monoisotopic (exact) mass is 474 g/mol. The number of likely N-dealkylation sites (tertiary alicyclic amines) is 1. The van der Waals surface area contributed by atoms with Crippen molar-refractivity contribution in [3.63, 3.8) is 0 Å². The number of rotatable bonds is 7. The van der Waals surface area contributed by atoms with Crippen molar-refractivity contribution in [3.05, 3.63) is 35.9 Å². The molecule has 11 heteroatoms. The largest absolute Gasteiger partial charge is 0.471 e. The molecule has 1 amide bonds. The van der Waals surface area contributed by atoms with Gasteiger partial charge in [-0.2, -0.15) is 18.2 Å². The molecule has 1 aromatic rings. The fourth-order valence-electron chi connectivity index (χ4n) is 4.37. The van der Waals surface area contributed by atoms with Crippen LogP contribution < -0.4 is 0 Å². The van der Waals surface area contributed by atoms with E-state index in [1.807, 2.05) is 13.0 Å². The Bertz CT molecular complexity index is 839. The maximum Gasteiger partial charge on any atom is 0.471 e. The summed E-state index contributed by atoms with van der Waals surface area (Å²) in [7, 11) is 1.47. The molecule has 184 valence electrons. The number of aliphatic hydroxyl groups excluding tert-OH is 1. The van der Waals surface area contributed by atoms with Crippen LogP contribution >= 0.6 is 0 Å². The van der Waals surface area contributed by atoms with E-state index in [1.54, 1.807) is 24.3 Å². The average molecular weight is 474 g/mol. The van der Waals surface area contributed by atoms with Gasteiger partial charge in [-0.3, -0.25) is 9.63 Å². The van der Waals surface area contributed by atoms with Gasteiger partial charge in [0.1, 0.15) is 6.10 Å². The second kappa shape index (κ2) is 9.96. The smallest absolute Gasteiger partial charge is 0.464 e. The topological polar surface area (TPSA) is 88.5 Å². The minimum Gasteiger partial charge on any atom is -0.464 e. The number of benzene rings is 1. The summed E-state index contributed by atoms with van der Waals surface area (Å²) < 4.78 is 51.1. The van der Waals surface area contributed by atoms with Gasteiger partial charge in [-0.15, -0.1) is 0 Å². The molecule has 2 aliphatic heterocycles. The second-order valence-electron chi connectivity index (χ2n) is 8.55. The maximum absolute atomic E-state index is 13.4. The van der Waals surface area contributed by atoms with Crippen molar-refractivity contribution in [2.45, 2.75) is 69.4 Å². The highest BCUT2D eigenvalue weighted by Crippen LogP contribution is 2.39. The second-order valence-corrected chi connectivity index (χ2v) is 8.55. The molecule has 2 saturated heterocycles. The number of hydrogen-bond donors (Lipinski definition) is 1. The predicted molar refractivity (Wildman–Crippen MR) is 109 cm³/mol. The van der Waals surface area contributed by atoms with Gasteiger partial charge in [0.15, 0.2) is 5.60 Å². The van der Waals surface area contributed by atoms with Gasteiger partial charge in [-0.1, -0.05) is 37.3 Å². The number of ether oxygens (including phenoxy) is 2. The molecule has 5 atom stereocenters. The Balaban J connectivity index is 1.87. The zero-order valence-electron chi connectivity index (χ0n) is 18.7. The first kappa shape index (κ1) is 25.4. The number of hydrogen-bond acceptors (Lipinski definition) is 7. The van der Waals surface area contributed by atoms with Crippen LogP contribution in [0.3, 0.4) is 0 Å². The molecule has 2 heterocycles. The number of alkyl halides is 3. The number of carbonyl (C=O) groups is 2. The Morgan fingerprint density at radius 2 is 1.94 bits per heavy atom. The Morgan fingerprint density at radius 1 is 1.27 bits per heavy atom. The molecule has 0 aliphatic carbocycles. The van der Waals surface area contributed by atoms with Crippen molar-refractivity contribution < 1.29 is 42.2 Å². The first-order chi connectivity index (χ1) is 15.5. The van der Waals surface area contributed by atoms with E-state index in [0.717, 1.165) is 5.56 Å². The van der Waals surface area contributed by atoms with Gasteiger partial charge < -0.3 is 19.5 Å². The van der Waals surface area contributed by atoms with Crippen molar-refractivity contribution in [1.29, 1.82) is 0 Å². The summed E-state index contributed by atoms with van der Waals surface area (Å²) in [5.41, 5.74) is -0.688. The third kappa shape index (κ3) is 5.48. The lowest BCUT2D eigenvalue weighted by Crippen LogP contribution is -2.54. The van der Waals surface area contributed by atoms with Crippen molar-refractivity contribution in [1.82, 2.24) is 9.96 Å². The van der Waals surface area contributed by atoms with E-state index in [4.69, 9.17) is 14.3 Å². The van der Waals surface area contributed by atoms with E-state index < -0.39 is 54.5 Å². The predicted octanol–water partition coefficient (Wildman–Crippen LogP) is 2.05. The fraction of sp³-hybridized carbons (Fsp3) is 0.636. The van der Waals surface area contributed by atoms with E-state index >= 15 is 0 Å². The van der Waals surface area contributed by atoms with Gasteiger partial charge in [0.2, 0.25) is 0 Å². The number of likely N-dealkylation sites (N-methyl/N-ethyl adjacent to an activating group) is 1. The number of carbonyl (C=O) groups excluding carboxylic acids is 2. The van der Waals surface area contributed by atoms with Crippen molar-refractivity contribution in [2.24, 2.45) is 0 Å². The van der Waals surface area contributed by atoms with Crippen LogP contribution in [0.1, 0.15) is 32.3 Å². The van der Waals surface area contributed by atoms with E-state index in [2.05, 4.69) is 0 Å². The molecule has 0 unspecified atom stereocenters. The minimum absolute atomic E-state index is 0.0280. The quantitative estimate of drug-likeness (QED) is 0.606. The summed E-state index contributed by atoms with van der Waals surface area (Å²) >= 11 is 0. The van der Waals surface area contributed by atoms with Crippen LogP contribution in [0.5, 0.6) is 0 Å². The van der Waals surface area contributed by atoms with Crippen LogP contribution in [0.4, 0.5) is 13.2 Å². The number of amides is 1. The van der Waals surface area contributed by atoms with E-state index in [9.17, 15) is 27.9 Å². The lowest BCUT2D eigenvalue weighted by atomic mass is 9.91. The number of aliphatic hydroxyl groups is 1. The Hall–Kier alpha value is -2.21. The zero-order chi connectivity index (χ0) is 24.4. The number of β-amino-alcohol motifs (C(OH)–C–C–N with tert-alkyl or cyclic N) is 1. The summed E-state index contributed by atoms with van der Waals surface area (Å²) in [6.07, 6.45) is -7.05. The van der Waals surface area contributed by atoms with E-state index in [0.29, 0.717) is 11.3 Å². The zero-order valence-corrected chi connectivity index (χ0v) is 18.7. The Morgan fingerprint density at radius 3 is 2.55 bits per heavy atom. The normalized spacial score (nSPS) is 30.6. The molecule has 3 rings (SSSR count). The van der Waals surface area contributed by atoms with Crippen LogP contribution in [0.25, 0.3) is 0 Å². The lowest BCUT2D eigenvalue weighted by molar-refractivity contribution is -0.214. The first-order valence-corrected chi connectivity index (χ1v) is 10.8. The van der Waals surface area contributed by atoms with Crippen LogP contribution in [-0.4, -0.2) is 83.2 Å². The van der Waals surface area contributed by atoms with Gasteiger partial charge in [-0.05, 0) is 18.9 Å². The molecule has 0 aromatic heterocycles. The van der Waals surface area contributed by atoms with Gasteiger partial charge in [0, 0.05) is 13.5 Å². The molecule has 2 fully saturated rings. The Kier molecular flexibility index (Phi) is 7.67. The van der Waals surface area contributed by atoms with Crippen molar-refractivity contribution in [3.8, 4) is 0 Å². The highest BCUT2D eigenvalue weighted by molar-refractivity contribution is 5.83. The molecule has 8 nitrogen and oxygen atoms in total. The molecule has 1 N–H and O–H groups in total. The maximum atomic E-state index is 13.4. The molecule has 0 radical (unpaired) electrons. The molecule has 33 heavy (non-hydrogen) atoms. The molecular weight excluding hydrogens is 445 g/mol. The number of nitrogens with zero attached hydrogens (tertiary/aromatic N) is 2. The molecule has 0 bridgehead atoms. The van der Waals surface area contributed by atoms with Gasteiger partial charge in [-0.25, -0.2) is 4.79 Å². The summed E-state index contributed by atoms with van der Waals surface area (Å²) in [6, 6.07) is 6.88. The highest BCUT2D eigenvalue weighted by atomic mass is 19.4. The molecule has 1 aromatic carbocycles. The minimum atomic E-state index is -5.13. The number of esters is 1. The van der Waals surface area contributed by atoms with Crippen LogP contribution in [-0.2, 0) is 30.5 Å². The SMILES string of the molecule is CCCOC(=O)[C@@]1(C)C[C@H]([C@@H]2[C@@H](OCc3ccccc3)[C@H](O)CN2C(=O)C(F)(F)F)N(C)O1. The summed E-state index contributed by atoms with van der Waals surface area (Å²) in [4.78, 5) is 31.0. The summed E-state index contributed by atoms with van der Waals surface area (Å²) in [6.45, 7) is 2.97. The van der Waals surface area contributed by atoms with Crippen LogP contribution in [0, 0.1) is 0 Å². The standard InChI is InChI=1S/C22H29F3N2O6/c1-4-10-31-20(30)21(2)11-15(26(3)33-21)17-18(32-13-14-8-6-5-7-9-14)16(28)12-27(17)19(29)22(23,24)25/h5-9,15-18,28H,4,10-13H2,1-3H3/t15-,16-,17-,18+,21-/m1/s1. The highest BCUT2D eigenvalue weighted by Gasteiger charge is 2.59. The fourth-order valence-corrected chi connectivity index (χ4v) is 4.37. The van der Waals surface area contributed by atoms with Gasteiger partial charge in [0.25, 0.3) is 0 Å². The molecular formula is C22H29F3N2O6. The van der Waals surface area contributed by atoms with E-state index in [1.165, 1.54) is 19.0 Å². The molecule has 2 aliphatic rings. The van der Waals surface area contributed by atoms with Crippen molar-refractivity contribution in [2.75, 3.05) is 20.2 Å². The van der Waals surface area contributed by atoms with Crippen LogP contribution in [0.15, 0.2) is 30.3 Å². The molecule has 0 spiro atoms.